The first kappa shape index (κ1) is 20.0. The zero-order valence-electron chi connectivity index (χ0n) is 17.5. The fourth-order valence-electron chi connectivity index (χ4n) is 3.88. The number of carbonyl (C=O) groups excluding carboxylic acids is 1. The molecular weight excluding hydrogens is 378 g/mol. The molecule has 0 unspecified atom stereocenters. The van der Waals surface area contributed by atoms with E-state index in [1.165, 1.54) is 12.8 Å². The van der Waals surface area contributed by atoms with E-state index in [1.807, 2.05) is 59.6 Å². The Labute approximate surface area is 177 Å². The third kappa shape index (κ3) is 4.03. The van der Waals surface area contributed by atoms with Crippen molar-refractivity contribution in [3.8, 4) is 28.4 Å². The first-order chi connectivity index (χ1) is 14.7. The smallest absolute Gasteiger partial charge is 0.257 e. The van der Waals surface area contributed by atoms with Crippen molar-refractivity contribution >= 4 is 5.91 Å². The van der Waals surface area contributed by atoms with E-state index in [-0.39, 0.29) is 5.91 Å². The van der Waals surface area contributed by atoms with Crippen molar-refractivity contribution in [3.05, 3.63) is 60.3 Å². The largest absolute Gasteiger partial charge is 0.497 e. The summed E-state index contributed by atoms with van der Waals surface area (Å²) in [5.74, 6) is 1.34. The molecule has 3 aromatic rings. The lowest BCUT2D eigenvalue weighted by atomic mass is 10.1. The van der Waals surface area contributed by atoms with Crippen LogP contribution in [0, 0.1) is 0 Å². The molecule has 0 saturated carbocycles. The average molecular weight is 405 g/mol. The van der Waals surface area contributed by atoms with Crippen LogP contribution in [-0.4, -0.2) is 47.9 Å². The van der Waals surface area contributed by atoms with Crippen molar-refractivity contribution in [2.75, 3.05) is 27.3 Å². The molecule has 0 spiro atoms. The van der Waals surface area contributed by atoms with Crippen molar-refractivity contribution in [2.24, 2.45) is 0 Å². The van der Waals surface area contributed by atoms with Crippen molar-refractivity contribution in [2.45, 2.75) is 25.7 Å². The number of likely N-dealkylation sites (tertiary alicyclic amines) is 1. The fraction of sp³-hybridized carbons (Fsp3) is 0.333. The molecule has 6 nitrogen and oxygen atoms in total. The molecule has 4 rings (SSSR count). The fourth-order valence-corrected chi connectivity index (χ4v) is 3.88. The minimum atomic E-state index is 0.0203. The van der Waals surface area contributed by atoms with Crippen molar-refractivity contribution in [1.82, 2.24) is 14.7 Å². The van der Waals surface area contributed by atoms with Crippen LogP contribution in [-0.2, 0) is 0 Å². The lowest BCUT2D eigenvalue weighted by Gasteiger charge is -2.20. The Morgan fingerprint density at radius 1 is 0.933 bits per heavy atom. The van der Waals surface area contributed by atoms with Crippen LogP contribution in [0.1, 0.15) is 36.0 Å². The van der Waals surface area contributed by atoms with Crippen LogP contribution in [0.4, 0.5) is 0 Å². The van der Waals surface area contributed by atoms with E-state index in [0.717, 1.165) is 37.2 Å². The van der Waals surface area contributed by atoms with Crippen LogP contribution in [0.2, 0.25) is 0 Å². The van der Waals surface area contributed by atoms with Gasteiger partial charge in [0.25, 0.3) is 5.91 Å². The molecule has 156 valence electrons. The van der Waals surface area contributed by atoms with Gasteiger partial charge in [-0.3, -0.25) is 4.79 Å². The van der Waals surface area contributed by atoms with Crippen LogP contribution in [0.3, 0.4) is 0 Å². The van der Waals surface area contributed by atoms with Crippen LogP contribution < -0.4 is 9.47 Å². The summed E-state index contributed by atoms with van der Waals surface area (Å²) in [6, 6.07) is 15.4. The van der Waals surface area contributed by atoms with E-state index in [1.54, 1.807) is 18.9 Å². The van der Waals surface area contributed by atoms with Gasteiger partial charge in [0.15, 0.2) is 0 Å². The Morgan fingerprint density at radius 2 is 1.67 bits per heavy atom. The number of hydrogen-bond acceptors (Lipinski definition) is 4. The average Bonchev–Trinajstić information content (AvgIpc) is 3.06. The van der Waals surface area contributed by atoms with E-state index < -0.39 is 0 Å². The molecule has 0 N–H and O–H groups in total. The number of benzene rings is 2. The number of hydrogen-bond donors (Lipinski definition) is 0. The molecule has 0 bridgehead atoms. The summed E-state index contributed by atoms with van der Waals surface area (Å²) in [5.41, 5.74) is 2.88. The lowest BCUT2D eigenvalue weighted by Crippen LogP contribution is -2.32. The first-order valence-corrected chi connectivity index (χ1v) is 10.4. The van der Waals surface area contributed by atoms with Crippen LogP contribution in [0.15, 0.2) is 54.7 Å². The zero-order valence-corrected chi connectivity index (χ0v) is 17.5. The van der Waals surface area contributed by atoms with Crippen molar-refractivity contribution in [3.63, 3.8) is 0 Å². The lowest BCUT2D eigenvalue weighted by molar-refractivity contribution is 0.0762. The number of para-hydroxylation sites is 1. The predicted molar refractivity (Wildman–Crippen MR) is 116 cm³/mol. The summed E-state index contributed by atoms with van der Waals surface area (Å²) in [4.78, 5) is 15.5. The second-order valence-corrected chi connectivity index (χ2v) is 7.44. The third-order valence-electron chi connectivity index (χ3n) is 5.52. The van der Waals surface area contributed by atoms with Gasteiger partial charge in [-0.15, -0.1) is 0 Å². The molecule has 30 heavy (non-hydrogen) atoms. The maximum Gasteiger partial charge on any atom is 0.257 e. The van der Waals surface area contributed by atoms with E-state index in [2.05, 4.69) is 0 Å². The Kier molecular flexibility index (Phi) is 6.02. The molecule has 0 atom stereocenters. The normalized spacial score (nSPS) is 14.3. The van der Waals surface area contributed by atoms with E-state index in [0.29, 0.717) is 22.8 Å². The van der Waals surface area contributed by atoms with E-state index >= 15 is 0 Å². The van der Waals surface area contributed by atoms with E-state index in [9.17, 15) is 4.79 Å². The summed E-state index contributed by atoms with van der Waals surface area (Å²) in [6.45, 7) is 1.57. The number of aromatic nitrogens is 2. The van der Waals surface area contributed by atoms with Gasteiger partial charge in [0.05, 0.1) is 25.5 Å². The zero-order chi connectivity index (χ0) is 20.9. The number of rotatable bonds is 5. The van der Waals surface area contributed by atoms with Gasteiger partial charge in [-0.1, -0.05) is 31.0 Å². The van der Waals surface area contributed by atoms with Crippen LogP contribution >= 0.6 is 0 Å². The Balaban J connectivity index is 1.82. The highest BCUT2D eigenvalue weighted by Gasteiger charge is 2.26. The molecule has 2 aromatic carbocycles. The number of carbonyl (C=O) groups is 1. The molecule has 0 radical (unpaired) electrons. The molecule has 1 saturated heterocycles. The van der Waals surface area contributed by atoms with Gasteiger partial charge in [-0.25, -0.2) is 4.68 Å². The molecule has 1 aliphatic heterocycles. The number of nitrogens with zero attached hydrogens (tertiary/aromatic N) is 3. The van der Waals surface area contributed by atoms with Crippen LogP contribution in [0.5, 0.6) is 11.5 Å². The topological polar surface area (TPSA) is 56.6 Å². The number of methoxy groups -OCH3 is 2. The maximum atomic E-state index is 13.5. The molecule has 1 fully saturated rings. The standard InChI is InChI=1S/C24H27N3O3/c1-29-19-12-13-20(22(16-19)30-2)23-21(24(28)26-14-8-3-4-9-15-26)17-27(25-23)18-10-6-5-7-11-18/h5-7,10-13,16-17H,3-4,8-9,14-15H2,1-2H3. The Morgan fingerprint density at radius 3 is 2.33 bits per heavy atom. The Hall–Kier alpha value is -3.28. The van der Waals surface area contributed by atoms with Gasteiger partial charge in [-0.05, 0) is 37.1 Å². The second-order valence-electron chi connectivity index (χ2n) is 7.44. The van der Waals surface area contributed by atoms with Gasteiger partial charge >= 0.3 is 0 Å². The number of amides is 1. The molecule has 0 aliphatic carbocycles. The summed E-state index contributed by atoms with van der Waals surface area (Å²) in [5, 5.41) is 4.80. The third-order valence-corrected chi connectivity index (χ3v) is 5.52. The van der Waals surface area contributed by atoms with Gasteiger partial charge < -0.3 is 14.4 Å². The molecule has 2 heterocycles. The molecular formula is C24H27N3O3. The number of ether oxygens (including phenoxy) is 2. The molecule has 6 heteroatoms. The SMILES string of the molecule is COc1ccc(-c2nn(-c3ccccc3)cc2C(=O)N2CCCCCC2)c(OC)c1. The molecule has 1 aliphatic rings. The summed E-state index contributed by atoms with van der Waals surface area (Å²) in [7, 11) is 3.23. The molecule has 1 aromatic heterocycles. The van der Waals surface area contributed by atoms with Crippen molar-refractivity contribution in [1.29, 1.82) is 0 Å². The quantitative estimate of drug-likeness (QED) is 0.624. The van der Waals surface area contributed by atoms with Gasteiger partial charge in [-0.2, -0.15) is 5.10 Å². The first-order valence-electron chi connectivity index (χ1n) is 10.4. The summed E-state index contributed by atoms with van der Waals surface area (Å²) in [6.07, 6.45) is 6.26. The minimum absolute atomic E-state index is 0.0203. The van der Waals surface area contributed by atoms with Crippen LogP contribution in [0.25, 0.3) is 16.9 Å². The van der Waals surface area contributed by atoms with Gasteiger partial charge in [0.1, 0.15) is 17.2 Å². The minimum Gasteiger partial charge on any atom is -0.497 e. The maximum absolute atomic E-state index is 13.5. The summed E-state index contributed by atoms with van der Waals surface area (Å²) >= 11 is 0. The molecule has 1 amide bonds. The second kappa shape index (κ2) is 9.03. The monoisotopic (exact) mass is 405 g/mol. The highest BCUT2D eigenvalue weighted by atomic mass is 16.5. The van der Waals surface area contributed by atoms with E-state index in [4.69, 9.17) is 14.6 Å². The highest BCUT2D eigenvalue weighted by Crippen LogP contribution is 2.35. The predicted octanol–water partition coefficient (Wildman–Crippen LogP) is 4.57. The summed E-state index contributed by atoms with van der Waals surface area (Å²) < 4.78 is 12.7. The van der Waals surface area contributed by atoms with Gasteiger partial charge in [0.2, 0.25) is 0 Å². The van der Waals surface area contributed by atoms with Crippen molar-refractivity contribution < 1.29 is 14.3 Å². The Bertz CT molecular complexity index is 1010. The highest BCUT2D eigenvalue weighted by molar-refractivity contribution is 6.00. The van der Waals surface area contributed by atoms with Gasteiger partial charge in [0, 0.05) is 30.9 Å².